The number of thiophene rings is 1. The summed E-state index contributed by atoms with van der Waals surface area (Å²) in [5, 5.41) is 2.68. The van der Waals surface area contributed by atoms with Crippen LogP contribution in [0.25, 0.3) is 21.2 Å². The summed E-state index contributed by atoms with van der Waals surface area (Å²) in [6, 6.07) is 15.9. The highest BCUT2D eigenvalue weighted by Crippen LogP contribution is 2.42. The summed E-state index contributed by atoms with van der Waals surface area (Å²) in [5.41, 5.74) is 6.14. The van der Waals surface area contributed by atoms with Crippen molar-refractivity contribution >= 4 is 33.0 Å². The number of carbonyl (C=O) groups excluding carboxylic acids is 1. The van der Waals surface area contributed by atoms with Gasteiger partial charge in [-0.1, -0.05) is 44.2 Å². The fourth-order valence-electron chi connectivity index (χ4n) is 4.47. The number of rotatable bonds is 4. The van der Waals surface area contributed by atoms with Crippen molar-refractivity contribution in [2.45, 2.75) is 26.7 Å². The SMILES string of the molecule is Cc1cc(F)c(F)c(-c2cccc3c(C(C)C)c(C(=O)NN4CCOc5ccccc54)sc23)c1. The quantitative estimate of drug-likeness (QED) is 0.350. The molecule has 0 fully saturated rings. The lowest BCUT2D eigenvalue weighted by atomic mass is 9.95. The monoisotopic (exact) mass is 478 g/mol. The molecule has 5 rings (SSSR count). The molecule has 0 atom stereocenters. The van der Waals surface area contributed by atoms with E-state index in [1.165, 1.54) is 17.4 Å². The predicted octanol–water partition coefficient (Wildman–Crippen LogP) is 6.82. The van der Waals surface area contributed by atoms with Gasteiger partial charge in [-0.15, -0.1) is 11.3 Å². The molecule has 0 aliphatic carbocycles. The van der Waals surface area contributed by atoms with Crippen molar-refractivity contribution in [1.82, 2.24) is 5.43 Å². The van der Waals surface area contributed by atoms with Crippen LogP contribution in [-0.4, -0.2) is 19.1 Å². The largest absolute Gasteiger partial charge is 0.489 e. The molecule has 7 heteroatoms. The fraction of sp³-hybridized carbons (Fsp3) is 0.222. The van der Waals surface area contributed by atoms with Crippen LogP contribution >= 0.6 is 11.3 Å². The number of fused-ring (bicyclic) bond motifs is 2. The summed E-state index contributed by atoms with van der Waals surface area (Å²) in [5.74, 6) is -1.22. The smallest absolute Gasteiger partial charge is 0.280 e. The summed E-state index contributed by atoms with van der Waals surface area (Å²) in [7, 11) is 0. The topological polar surface area (TPSA) is 41.6 Å². The third-order valence-corrected chi connectivity index (χ3v) is 7.22. The van der Waals surface area contributed by atoms with Crippen LogP contribution in [0.1, 0.15) is 40.6 Å². The summed E-state index contributed by atoms with van der Waals surface area (Å²) >= 11 is 1.31. The molecule has 1 N–H and O–H groups in total. The number of amides is 1. The zero-order valence-electron chi connectivity index (χ0n) is 19.1. The summed E-state index contributed by atoms with van der Waals surface area (Å²) in [4.78, 5) is 14.1. The zero-order valence-corrected chi connectivity index (χ0v) is 19.9. The van der Waals surface area contributed by atoms with Crippen LogP contribution in [0.5, 0.6) is 5.75 Å². The molecular weight excluding hydrogens is 454 g/mol. The molecule has 0 saturated heterocycles. The summed E-state index contributed by atoms with van der Waals surface area (Å²) < 4.78 is 35.5. The third kappa shape index (κ3) is 3.80. The van der Waals surface area contributed by atoms with Gasteiger partial charge in [-0.2, -0.15) is 0 Å². The van der Waals surface area contributed by atoms with E-state index in [9.17, 15) is 13.6 Å². The van der Waals surface area contributed by atoms with Crippen molar-refractivity contribution in [3.05, 3.63) is 82.2 Å². The molecule has 0 saturated carbocycles. The predicted molar refractivity (Wildman–Crippen MR) is 133 cm³/mol. The lowest BCUT2D eigenvalue weighted by Crippen LogP contribution is -2.46. The number of nitrogens with one attached hydrogen (secondary N) is 1. The second-order valence-corrected chi connectivity index (χ2v) is 9.72. The van der Waals surface area contributed by atoms with Crippen LogP contribution in [-0.2, 0) is 0 Å². The number of anilines is 1. The number of ether oxygens (including phenoxy) is 1. The number of hydrazine groups is 1. The maximum absolute atomic E-state index is 14.8. The average molecular weight is 479 g/mol. The Labute approximate surface area is 200 Å². The Morgan fingerprint density at radius 2 is 1.88 bits per heavy atom. The van der Waals surface area contributed by atoms with Crippen LogP contribution in [0.3, 0.4) is 0 Å². The van der Waals surface area contributed by atoms with Gasteiger partial charge in [0.25, 0.3) is 5.91 Å². The fourth-order valence-corrected chi connectivity index (χ4v) is 5.85. The number of nitrogens with zero attached hydrogens (tertiary/aromatic N) is 1. The molecule has 1 aromatic heterocycles. The first kappa shape index (κ1) is 22.3. The van der Waals surface area contributed by atoms with Gasteiger partial charge < -0.3 is 4.74 Å². The van der Waals surface area contributed by atoms with Crippen molar-refractivity contribution in [1.29, 1.82) is 0 Å². The molecule has 0 radical (unpaired) electrons. The van der Waals surface area contributed by atoms with Crippen molar-refractivity contribution in [3.8, 4) is 16.9 Å². The maximum atomic E-state index is 14.8. The van der Waals surface area contributed by atoms with Gasteiger partial charge in [0, 0.05) is 15.8 Å². The molecule has 1 aliphatic heterocycles. The number of para-hydroxylation sites is 2. The van der Waals surface area contributed by atoms with E-state index in [-0.39, 0.29) is 17.4 Å². The molecule has 1 amide bonds. The zero-order chi connectivity index (χ0) is 24.0. The Balaban J connectivity index is 1.61. The molecule has 0 spiro atoms. The second-order valence-electron chi connectivity index (χ2n) is 8.70. The first-order chi connectivity index (χ1) is 16.3. The van der Waals surface area contributed by atoms with Gasteiger partial charge >= 0.3 is 0 Å². The van der Waals surface area contributed by atoms with E-state index in [1.54, 1.807) is 24.1 Å². The molecule has 4 aromatic rings. The van der Waals surface area contributed by atoms with Gasteiger partial charge in [0.05, 0.1) is 17.1 Å². The minimum atomic E-state index is -0.881. The highest BCUT2D eigenvalue weighted by atomic mass is 32.1. The molecule has 0 bridgehead atoms. The standard InChI is InChI=1S/C27H24F2N2O2S/c1-15(2)23-18-8-6-7-17(19-13-16(3)14-20(28)24(19)29)25(18)34-26(23)27(32)30-31-11-12-33-22-10-5-4-9-21(22)31/h4-10,13-15H,11-12H2,1-3H3,(H,30,32). The van der Waals surface area contributed by atoms with Gasteiger partial charge in [-0.05, 0) is 53.6 Å². The number of aryl methyl sites for hydroxylation is 1. The molecule has 1 aliphatic rings. The number of hydrogen-bond donors (Lipinski definition) is 1. The lowest BCUT2D eigenvalue weighted by molar-refractivity contribution is 0.0948. The highest BCUT2D eigenvalue weighted by Gasteiger charge is 2.26. The first-order valence-electron chi connectivity index (χ1n) is 11.2. The minimum absolute atomic E-state index is 0.0563. The molecule has 34 heavy (non-hydrogen) atoms. The van der Waals surface area contributed by atoms with Crippen molar-refractivity contribution in [2.75, 3.05) is 18.2 Å². The van der Waals surface area contributed by atoms with Crippen LogP contribution in [0, 0.1) is 18.6 Å². The average Bonchev–Trinajstić information content (AvgIpc) is 3.22. The van der Waals surface area contributed by atoms with E-state index in [2.05, 4.69) is 5.43 Å². The van der Waals surface area contributed by atoms with Crippen LogP contribution in [0.2, 0.25) is 0 Å². The highest BCUT2D eigenvalue weighted by molar-refractivity contribution is 7.21. The Morgan fingerprint density at radius 3 is 2.68 bits per heavy atom. The van der Waals surface area contributed by atoms with Crippen LogP contribution < -0.4 is 15.2 Å². The van der Waals surface area contributed by atoms with E-state index >= 15 is 0 Å². The maximum Gasteiger partial charge on any atom is 0.280 e. The molecular formula is C27H24F2N2O2S. The third-order valence-electron chi connectivity index (χ3n) is 5.97. The molecule has 0 unspecified atom stereocenters. The van der Waals surface area contributed by atoms with Gasteiger partial charge in [-0.25, -0.2) is 8.78 Å². The molecule has 3 aromatic carbocycles. The van der Waals surface area contributed by atoms with E-state index < -0.39 is 11.6 Å². The Morgan fingerprint density at radius 1 is 1.09 bits per heavy atom. The molecule has 4 nitrogen and oxygen atoms in total. The van der Waals surface area contributed by atoms with Gasteiger partial charge in [0.15, 0.2) is 11.6 Å². The molecule has 2 heterocycles. The minimum Gasteiger partial charge on any atom is -0.489 e. The number of carbonyl (C=O) groups is 1. The Kier molecular flexibility index (Phi) is 5.73. The van der Waals surface area contributed by atoms with Gasteiger partial charge in [0.1, 0.15) is 12.4 Å². The van der Waals surface area contributed by atoms with Crippen LogP contribution in [0.4, 0.5) is 14.5 Å². The van der Waals surface area contributed by atoms with Crippen molar-refractivity contribution in [3.63, 3.8) is 0 Å². The van der Waals surface area contributed by atoms with Gasteiger partial charge in [0.2, 0.25) is 0 Å². The normalized spacial score (nSPS) is 13.2. The Bertz CT molecular complexity index is 1410. The summed E-state index contributed by atoms with van der Waals surface area (Å²) in [6.07, 6.45) is 0. The van der Waals surface area contributed by atoms with Crippen molar-refractivity contribution < 1.29 is 18.3 Å². The van der Waals surface area contributed by atoms with E-state index in [1.807, 2.05) is 50.2 Å². The van der Waals surface area contributed by atoms with Gasteiger partial charge in [-0.3, -0.25) is 15.2 Å². The summed E-state index contributed by atoms with van der Waals surface area (Å²) in [6.45, 7) is 6.77. The second kappa shape index (κ2) is 8.72. The Hall–Kier alpha value is -3.45. The van der Waals surface area contributed by atoms with Crippen LogP contribution in [0.15, 0.2) is 54.6 Å². The van der Waals surface area contributed by atoms with Crippen molar-refractivity contribution in [2.24, 2.45) is 0 Å². The number of halogens is 2. The number of hydrogen-bond acceptors (Lipinski definition) is 4. The van der Waals surface area contributed by atoms with E-state index in [4.69, 9.17) is 4.74 Å². The lowest BCUT2D eigenvalue weighted by Gasteiger charge is -2.31. The molecule has 174 valence electrons. The number of benzene rings is 3. The van der Waals surface area contributed by atoms with E-state index in [0.717, 1.165) is 21.3 Å². The van der Waals surface area contributed by atoms with E-state index in [0.29, 0.717) is 34.9 Å². The first-order valence-corrected chi connectivity index (χ1v) is 12.0.